The molecule has 152 valence electrons. The minimum absolute atomic E-state index is 0.545. The normalized spacial score (nSPS) is 23.0. The van der Waals surface area contributed by atoms with Gasteiger partial charge < -0.3 is 10.2 Å². The average Bonchev–Trinajstić information content (AvgIpc) is 2.80. The number of hydrogen-bond donors (Lipinski definition) is 2. The second-order valence-corrected chi connectivity index (χ2v) is 7.78. The van der Waals surface area contributed by atoms with Crippen LogP contribution in [0.4, 0.5) is 5.69 Å². The van der Waals surface area contributed by atoms with E-state index >= 15 is 0 Å². The van der Waals surface area contributed by atoms with Crippen LogP contribution in [0.2, 0.25) is 0 Å². The Kier molecular flexibility index (Phi) is 6.15. The maximum Gasteiger partial charge on any atom is 0.328 e. The van der Waals surface area contributed by atoms with Crippen molar-refractivity contribution < 1.29 is 19.8 Å². The number of carbonyl (C=O) groups is 2. The van der Waals surface area contributed by atoms with Gasteiger partial charge in [0.1, 0.15) is 11.7 Å². The van der Waals surface area contributed by atoms with Crippen molar-refractivity contribution in [3.63, 3.8) is 0 Å². The monoisotopic (exact) mass is 395 g/mol. The van der Waals surface area contributed by atoms with E-state index in [2.05, 4.69) is 67.5 Å². The van der Waals surface area contributed by atoms with Crippen LogP contribution >= 0.6 is 0 Å². The second-order valence-electron chi connectivity index (χ2n) is 7.78. The molecular weight excluding hydrogens is 368 g/mol. The Bertz CT molecular complexity index is 924. The Labute approximate surface area is 170 Å². The van der Waals surface area contributed by atoms with E-state index in [4.69, 9.17) is 10.2 Å². The summed E-state index contributed by atoms with van der Waals surface area (Å²) < 4.78 is 1.05. The van der Waals surface area contributed by atoms with Crippen LogP contribution in [0, 0.1) is 0 Å². The lowest BCUT2D eigenvalue weighted by Gasteiger charge is -2.47. The van der Waals surface area contributed by atoms with Crippen LogP contribution in [-0.4, -0.2) is 60.8 Å². The molecule has 4 rings (SSSR count). The fraction of sp³-hybridized carbons (Fsp3) is 0.304. The summed E-state index contributed by atoms with van der Waals surface area (Å²) in [6.45, 7) is 3.50. The highest BCUT2D eigenvalue weighted by molar-refractivity contribution is 5.89. The molecule has 1 fully saturated rings. The van der Waals surface area contributed by atoms with E-state index in [-0.39, 0.29) is 0 Å². The van der Waals surface area contributed by atoms with Crippen LogP contribution in [0.5, 0.6) is 0 Å². The third-order valence-corrected chi connectivity index (χ3v) is 5.82. The lowest BCUT2D eigenvalue weighted by molar-refractivity contribution is -0.134. The molecule has 0 aliphatic carbocycles. The fourth-order valence-electron chi connectivity index (χ4n) is 4.32. The summed E-state index contributed by atoms with van der Waals surface area (Å²) >= 11 is 0. The third kappa shape index (κ3) is 4.55. The van der Waals surface area contributed by atoms with E-state index in [1.807, 2.05) is 0 Å². The topological polar surface area (TPSA) is 77.8 Å². The van der Waals surface area contributed by atoms with Crippen molar-refractivity contribution in [3.05, 3.63) is 77.4 Å². The van der Waals surface area contributed by atoms with E-state index in [1.165, 1.54) is 29.9 Å². The van der Waals surface area contributed by atoms with Crippen molar-refractivity contribution in [2.24, 2.45) is 0 Å². The summed E-state index contributed by atoms with van der Waals surface area (Å²) in [6, 6.07) is 18.6. The lowest BCUT2D eigenvalue weighted by atomic mass is 9.95. The van der Waals surface area contributed by atoms with Gasteiger partial charge in [-0.15, -0.1) is 0 Å². The van der Waals surface area contributed by atoms with Gasteiger partial charge in [0.25, 0.3) is 0 Å². The Balaban J connectivity index is 0.000000258. The summed E-state index contributed by atoms with van der Waals surface area (Å²) in [4.78, 5) is 21.6. The number of likely N-dealkylation sites (N-methyl/N-ethyl adjacent to an activating group) is 2. The van der Waals surface area contributed by atoms with Gasteiger partial charge in [0, 0.05) is 36.2 Å². The van der Waals surface area contributed by atoms with E-state index in [0.29, 0.717) is 18.2 Å². The quantitative estimate of drug-likeness (QED) is 0.604. The van der Waals surface area contributed by atoms with Gasteiger partial charge in [-0.05, 0) is 18.7 Å². The number of benzene rings is 2. The molecule has 2 atom stereocenters. The number of quaternary nitrogens is 1. The molecule has 2 aliphatic rings. The zero-order chi connectivity index (χ0) is 21.0. The first-order valence-corrected chi connectivity index (χ1v) is 9.65. The number of fused-ring (bicyclic) bond motifs is 5. The molecule has 2 unspecified atom stereocenters. The van der Waals surface area contributed by atoms with Gasteiger partial charge in [-0.2, -0.15) is 0 Å². The number of aliphatic carboxylic acids is 2. The van der Waals surface area contributed by atoms with Gasteiger partial charge in [0.15, 0.2) is 0 Å². The van der Waals surface area contributed by atoms with E-state index in [9.17, 15) is 9.59 Å². The molecule has 0 spiro atoms. The van der Waals surface area contributed by atoms with Gasteiger partial charge in [-0.3, -0.25) is 9.38 Å². The first-order chi connectivity index (χ1) is 13.8. The van der Waals surface area contributed by atoms with Gasteiger partial charge in [-0.25, -0.2) is 9.59 Å². The van der Waals surface area contributed by atoms with Gasteiger partial charge in [-0.1, -0.05) is 42.5 Å². The van der Waals surface area contributed by atoms with E-state index < -0.39 is 11.9 Å². The van der Waals surface area contributed by atoms with Crippen LogP contribution in [0.3, 0.4) is 0 Å². The molecule has 2 N–H and O–H groups in total. The molecule has 2 aromatic carbocycles. The Morgan fingerprint density at radius 1 is 1.00 bits per heavy atom. The highest BCUT2D eigenvalue weighted by Crippen LogP contribution is 2.43. The van der Waals surface area contributed by atoms with Gasteiger partial charge in [0.05, 0.1) is 20.1 Å². The summed E-state index contributed by atoms with van der Waals surface area (Å²) in [5.41, 5.74) is 6.07. The molecule has 29 heavy (non-hydrogen) atoms. The highest BCUT2D eigenvalue weighted by atomic mass is 16.4. The number of carboxylic acid groups (broad SMARTS) is 2. The third-order valence-electron chi connectivity index (χ3n) is 5.82. The molecule has 0 radical (unpaired) electrons. The fourth-order valence-corrected chi connectivity index (χ4v) is 4.32. The summed E-state index contributed by atoms with van der Waals surface area (Å²) in [6.07, 6.45) is 2.19. The van der Waals surface area contributed by atoms with Crippen LogP contribution in [0.1, 0.15) is 22.7 Å². The van der Waals surface area contributed by atoms with Crippen molar-refractivity contribution in [1.82, 2.24) is 9.38 Å². The summed E-state index contributed by atoms with van der Waals surface area (Å²) in [7, 11) is 4.68. The largest absolute Gasteiger partial charge is 0.478 e. The Morgan fingerprint density at radius 2 is 1.59 bits per heavy atom. The van der Waals surface area contributed by atoms with E-state index in [0.717, 1.165) is 17.4 Å². The standard InChI is InChI=1S/C19H23N2.C4H4O4/c1-20-11-12-21(2)18-10-6-4-8-16(18)13-15-7-3-5-9-17(15)19(21)14-20;5-3(6)1-2-4(7)8/h3-10,19H,11-14H2,1-2H3;1-2H,(H,5,6)(H,7,8)/q+1;/b;2-1-. The molecule has 2 aromatic rings. The van der Waals surface area contributed by atoms with Crippen LogP contribution < -0.4 is 4.48 Å². The number of nitrogens with zero attached hydrogens (tertiary/aromatic N) is 2. The van der Waals surface area contributed by atoms with Crippen molar-refractivity contribution in [2.75, 3.05) is 33.7 Å². The number of hydrogen-bond acceptors (Lipinski definition) is 3. The molecule has 6 nitrogen and oxygen atoms in total. The first-order valence-electron chi connectivity index (χ1n) is 9.65. The summed E-state index contributed by atoms with van der Waals surface area (Å²) in [5, 5.41) is 15.6. The predicted molar refractivity (Wildman–Crippen MR) is 113 cm³/mol. The van der Waals surface area contributed by atoms with Crippen molar-refractivity contribution >= 4 is 17.6 Å². The minimum Gasteiger partial charge on any atom is -0.478 e. The highest BCUT2D eigenvalue weighted by Gasteiger charge is 2.44. The molecular formula is C23H27N2O4+. The molecule has 0 bridgehead atoms. The van der Waals surface area contributed by atoms with Crippen LogP contribution in [-0.2, 0) is 16.0 Å². The van der Waals surface area contributed by atoms with Crippen LogP contribution in [0.25, 0.3) is 0 Å². The predicted octanol–water partition coefficient (Wildman–Crippen LogP) is 2.93. The molecule has 1 saturated heterocycles. The number of carboxylic acids is 2. The Hall–Kier alpha value is -2.96. The maximum atomic E-state index is 9.55. The number of piperazine rings is 1. The van der Waals surface area contributed by atoms with Crippen molar-refractivity contribution in [3.8, 4) is 0 Å². The lowest BCUT2D eigenvalue weighted by Crippen LogP contribution is -2.59. The number of para-hydroxylation sites is 1. The first kappa shape index (κ1) is 20.8. The molecule has 6 heteroatoms. The van der Waals surface area contributed by atoms with Crippen molar-refractivity contribution in [1.29, 1.82) is 0 Å². The summed E-state index contributed by atoms with van der Waals surface area (Å²) in [5.74, 6) is -2.51. The molecule has 2 aliphatic heterocycles. The minimum atomic E-state index is -1.26. The second kappa shape index (κ2) is 8.59. The molecule has 0 amide bonds. The Morgan fingerprint density at radius 3 is 2.24 bits per heavy atom. The average molecular weight is 395 g/mol. The molecule has 0 aromatic heterocycles. The molecule has 2 heterocycles. The maximum absolute atomic E-state index is 9.55. The van der Waals surface area contributed by atoms with Crippen molar-refractivity contribution in [2.45, 2.75) is 12.5 Å². The zero-order valence-corrected chi connectivity index (χ0v) is 16.8. The van der Waals surface area contributed by atoms with Crippen LogP contribution in [0.15, 0.2) is 60.7 Å². The van der Waals surface area contributed by atoms with Gasteiger partial charge in [0.2, 0.25) is 0 Å². The molecule has 0 saturated carbocycles. The SMILES string of the molecule is CN1CC[N+]2(C)c3ccccc3Cc3ccccc3C2C1.O=C(O)/C=C\C(=O)O. The van der Waals surface area contributed by atoms with Gasteiger partial charge >= 0.3 is 11.9 Å². The smallest absolute Gasteiger partial charge is 0.328 e. The number of rotatable bonds is 2. The van der Waals surface area contributed by atoms with E-state index in [1.54, 1.807) is 5.56 Å². The zero-order valence-electron chi connectivity index (χ0n) is 16.8.